The third-order valence-electron chi connectivity index (χ3n) is 4.54. The molecule has 1 aromatic carbocycles. The Kier molecular flexibility index (Phi) is 5.48. The van der Waals surface area contributed by atoms with Crippen LogP contribution in [-0.2, 0) is 9.53 Å². The maximum absolute atomic E-state index is 12.2. The van der Waals surface area contributed by atoms with Crippen LogP contribution >= 0.6 is 15.9 Å². The SMILES string of the molecule is CC(C)(C)OC(=O)N1CCN([C@H](C(=O)O)c2c[nH]c3cc(Br)ccc23)CC1. The molecule has 1 saturated heterocycles. The van der Waals surface area contributed by atoms with Gasteiger partial charge in [-0.15, -0.1) is 0 Å². The van der Waals surface area contributed by atoms with Gasteiger partial charge in [0, 0.05) is 53.3 Å². The molecule has 0 aliphatic carbocycles. The number of aromatic nitrogens is 1. The molecule has 0 spiro atoms. The molecule has 1 amide bonds. The summed E-state index contributed by atoms with van der Waals surface area (Å²) in [5.41, 5.74) is 1.07. The number of carboxylic acids is 1. The Morgan fingerprint density at radius 3 is 2.48 bits per heavy atom. The first-order valence-corrected chi connectivity index (χ1v) is 9.66. The number of H-pyrrole nitrogens is 1. The number of piperazine rings is 1. The average Bonchev–Trinajstić information content (AvgIpc) is 2.96. The number of carboxylic acid groups (broad SMARTS) is 1. The van der Waals surface area contributed by atoms with Crippen molar-refractivity contribution in [3.8, 4) is 0 Å². The minimum absolute atomic E-state index is 0.356. The maximum atomic E-state index is 12.2. The number of halogens is 1. The number of amides is 1. The summed E-state index contributed by atoms with van der Waals surface area (Å²) in [6.07, 6.45) is 1.40. The molecule has 1 fully saturated rings. The molecule has 0 unspecified atom stereocenters. The lowest BCUT2D eigenvalue weighted by Gasteiger charge is -2.38. The van der Waals surface area contributed by atoms with E-state index in [9.17, 15) is 14.7 Å². The minimum atomic E-state index is -0.899. The van der Waals surface area contributed by atoms with Crippen molar-refractivity contribution in [3.63, 3.8) is 0 Å². The van der Waals surface area contributed by atoms with Gasteiger partial charge in [0.2, 0.25) is 0 Å². The lowest BCUT2D eigenvalue weighted by molar-refractivity contribution is -0.144. The Morgan fingerprint density at radius 2 is 1.89 bits per heavy atom. The van der Waals surface area contributed by atoms with Crippen LogP contribution in [0.25, 0.3) is 10.9 Å². The number of benzene rings is 1. The smallest absolute Gasteiger partial charge is 0.410 e. The predicted molar refractivity (Wildman–Crippen MR) is 106 cm³/mol. The molecule has 0 radical (unpaired) electrons. The quantitative estimate of drug-likeness (QED) is 0.765. The molecular weight excluding hydrogens is 414 g/mol. The molecule has 2 aromatic rings. The van der Waals surface area contributed by atoms with Crippen molar-refractivity contribution in [1.29, 1.82) is 0 Å². The van der Waals surface area contributed by atoms with Crippen molar-refractivity contribution in [2.45, 2.75) is 32.4 Å². The number of hydrogen-bond acceptors (Lipinski definition) is 4. The van der Waals surface area contributed by atoms with Crippen molar-refractivity contribution in [3.05, 3.63) is 34.4 Å². The van der Waals surface area contributed by atoms with Crippen LogP contribution in [0.3, 0.4) is 0 Å². The van der Waals surface area contributed by atoms with Gasteiger partial charge in [0.05, 0.1) is 0 Å². The monoisotopic (exact) mass is 437 g/mol. The molecule has 2 N–H and O–H groups in total. The van der Waals surface area contributed by atoms with Crippen LogP contribution in [0.15, 0.2) is 28.9 Å². The van der Waals surface area contributed by atoms with E-state index < -0.39 is 17.6 Å². The third kappa shape index (κ3) is 4.44. The Bertz CT molecular complexity index is 850. The van der Waals surface area contributed by atoms with Crippen LogP contribution in [-0.4, -0.2) is 63.7 Å². The zero-order valence-corrected chi connectivity index (χ0v) is 17.2. The summed E-state index contributed by atoms with van der Waals surface area (Å²) in [5, 5.41) is 10.8. The van der Waals surface area contributed by atoms with E-state index in [1.54, 1.807) is 11.1 Å². The predicted octanol–water partition coefficient (Wildman–Crippen LogP) is 3.61. The van der Waals surface area contributed by atoms with Gasteiger partial charge in [-0.2, -0.15) is 0 Å². The molecule has 7 nitrogen and oxygen atoms in total. The standard InChI is InChI=1S/C19H24BrN3O4/c1-19(2,3)27-18(26)23-8-6-22(7-9-23)16(17(24)25)14-11-21-15-10-12(20)4-5-13(14)15/h4-5,10-11,16,21H,6-9H2,1-3H3,(H,24,25)/t16-/m0/s1. The fourth-order valence-electron chi connectivity index (χ4n) is 3.32. The fourth-order valence-corrected chi connectivity index (χ4v) is 3.68. The number of fused-ring (bicyclic) bond motifs is 1. The van der Waals surface area contributed by atoms with E-state index in [1.165, 1.54) is 0 Å². The van der Waals surface area contributed by atoms with Gasteiger partial charge in [0.15, 0.2) is 0 Å². The van der Waals surface area contributed by atoms with Crippen molar-refractivity contribution in [1.82, 2.24) is 14.8 Å². The number of nitrogens with zero attached hydrogens (tertiary/aromatic N) is 2. The number of rotatable bonds is 3. The molecule has 1 aliphatic heterocycles. The highest BCUT2D eigenvalue weighted by molar-refractivity contribution is 9.10. The van der Waals surface area contributed by atoms with Crippen LogP contribution in [0.4, 0.5) is 4.79 Å². The van der Waals surface area contributed by atoms with Crippen LogP contribution in [0.5, 0.6) is 0 Å². The Morgan fingerprint density at radius 1 is 1.22 bits per heavy atom. The highest BCUT2D eigenvalue weighted by Crippen LogP contribution is 2.31. The number of hydrogen-bond donors (Lipinski definition) is 2. The largest absolute Gasteiger partial charge is 0.480 e. The van der Waals surface area contributed by atoms with Gasteiger partial charge >= 0.3 is 12.1 Å². The van der Waals surface area contributed by atoms with Crippen LogP contribution in [0.2, 0.25) is 0 Å². The fraction of sp³-hybridized carbons (Fsp3) is 0.474. The molecule has 8 heteroatoms. The highest BCUT2D eigenvalue weighted by Gasteiger charge is 2.34. The summed E-state index contributed by atoms with van der Waals surface area (Å²) in [7, 11) is 0. The topological polar surface area (TPSA) is 85.9 Å². The Hall–Kier alpha value is -2.06. The first-order valence-electron chi connectivity index (χ1n) is 8.87. The lowest BCUT2D eigenvalue weighted by atomic mass is 10.0. The zero-order chi connectivity index (χ0) is 19.8. The van der Waals surface area contributed by atoms with Crippen molar-refractivity contribution in [2.75, 3.05) is 26.2 Å². The molecule has 2 heterocycles. The van der Waals surface area contributed by atoms with Gasteiger partial charge in [-0.1, -0.05) is 22.0 Å². The Labute approximate surface area is 166 Å². The summed E-state index contributed by atoms with van der Waals surface area (Å²) in [4.78, 5) is 30.9. The number of aromatic amines is 1. The van der Waals surface area contributed by atoms with E-state index in [2.05, 4.69) is 20.9 Å². The summed E-state index contributed by atoms with van der Waals surface area (Å²) >= 11 is 3.43. The number of nitrogens with one attached hydrogen (secondary N) is 1. The maximum Gasteiger partial charge on any atom is 0.410 e. The molecule has 0 saturated carbocycles. The minimum Gasteiger partial charge on any atom is -0.480 e. The van der Waals surface area contributed by atoms with E-state index in [0.29, 0.717) is 26.2 Å². The van der Waals surface area contributed by atoms with E-state index in [1.807, 2.05) is 43.9 Å². The summed E-state index contributed by atoms with van der Waals surface area (Å²) in [6.45, 7) is 7.31. The molecule has 146 valence electrons. The van der Waals surface area contributed by atoms with E-state index in [4.69, 9.17) is 4.74 Å². The molecule has 3 rings (SSSR count). The van der Waals surface area contributed by atoms with Gasteiger partial charge in [-0.3, -0.25) is 9.69 Å². The number of carbonyl (C=O) groups is 2. The van der Waals surface area contributed by atoms with Gasteiger partial charge < -0.3 is 19.7 Å². The molecule has 1 aliphatic rings. The number of carbonyl (C=O) groups excluding carboxylic acids is 1. The summed E-state index contributed by atoms with van der Waals surface area (Å²) in [5.74, 6) is -0.899. The second kappa shape index (κ2) is 7.52. The van der Waals surface area contributed by atoms with Crippen LogP contribution < -0.4 is 0 Å². The zero-order valence-electron chi connectivity index (χ0n) is 15.7. The summed E-state index contributed by atoms with van der Waals surface area (Å²) in [6, 6.07) is 4.98. The normalized spacial score (nSPS) is 17.1. The van der Waals surface area contributed by atoms with Crippen LogP contribution in [0.1, 0.15) is 32.4 Å². The number of ether oxygens (including phenoxy) is 1. The van der Waals surface area contributed by atoms with Crippen molar-refractivity contribution >= 4 is 38.9 Å². The van der Waals surface area contributed by atoms with E-state index in [0.717, 1.165) is 20.9 Å². The van der Waals surface area contributed by atoms with E-state index >= 15 is 0 Å². The first-order chi connectivity index (χ1) is 12.7. The number of aliphatic carboxylic acids is 1. The average molecular weight is 438 g/mol. The molecule has 1 atom stereocenters. The van der Waals surface area contributed by atoms with Crippen LogP contribution in [0, 0.1) is 0 Å². The first kappa shape index (κ1) is 19.7. The molecule has 1 aromatic heterocycles. The molecule has 27 heavy (non-hydrogen) atoms. The second-order valence-corrected chi connectivity index (χ2v) is 8.59. The van der Waals surface area contributed by atoms with Gasteiger partial charge in [-0.25, -0.2) is 4.79 Å². The van der Waals surface area contributed by atoms with Crippen molar-refractivity contribution in [2.24, 2.45) is 0 Å². The third-order valence-corrected chi connectivity index (χ3v) is 5.03. The second-order valence-electron chi connectivity index (χ2n) is 7.68. The van der Waals surface area contributed by atoms with Gasteiger partial charge in [-0.05, 0) is 32.9 Å². The highest BCUT2D eigenvalue weighted by atomic mass is 79.9. The lowest BCUT2D eigenvalue weighted by Crippen LogP contribution is -2.51. The van der Waals surface area contributed by atoms with Crippen molar-refractivity contribution < 1.29 is 19.4 Å². The Balaban J connectivity index is 1.76. The summed E-state index contributed by atoms with van der Waals surface area (Å²) < 4.78 is 6.34. The van der Waals surface area contributed by atoms with Gasteiger partial charge in [0.1, 0.15) is 11.6 Å². The molecular formula is C19H24BrN3O4. The van der Waals surface area contributed by atoms with Gasteiger partial charge in [0.25, 0.3) is 0 Å². The van der Waals surface area contributed by atoms with E-state index in [-0.39, 0.29) is 6.09 Å². The molecule has 0 bridgehead atoms.